The van der Waals surface area contributed by atoms with Crippen molar-refractivity contribution in [2.24, 2.45) is 0 Å². The van der Waals surface area contributed by atoms with Crippen LogP contribution in [-0.4, -0.2) is 56.1 Å². The van der Waals surface area contributed by atoms with Gasteiger partial charge in [-0.2, -0.15) is 0 Å². The van der Waals surface area contributed by atoms with E-state index in [1.165, 1.54) is 11.8 Å². The van der Waals surface area contributed by atoms with Crippen molar-refractivity contribution in [3.8, 4) is 0 Å². The molecule has 0 saturated carbocycles. The van der Waals surface area contributed by atoms with Gasteiger partial charge in [0.15, 0.2) is 0 Å². The van der Waals surface area contributed by atoms with E-state index in [9.17, 15) is 9.59 Å². The van der Waals surface area contributed by atoms with Gasteiger partial charge in [0.25, 0.3) is 0 Å². The minimum atomic E-state index is -0.220. The highest BCUT2D eigenvalue weighted by atomic mass is 16.5. The monoisotopic (exact) mass is 317 g/mol. The van der Waals surface area contributed by atoms with E-state index in [4.69, 9.17) is 4.74 Å². The van der Waals surface area contributed by atoms with Crippen molar-refractivity contribution in [3.63, 3.8) is 0 Å². The molecule has 0 bridgehead atoms. The first kappa shape index (κ1) is 17.0. The molecular formula is C17H23N3O3. The number of rotatable bonds is 6. The zero-order valence-electron chi connectivity index (χ0n) is 13.5. The summed E-state index contributed by atoms with van der Waals surface area (Å²) in [6, 6.07) is 7.67. The number of hydrogen-bond donors (Lipinski definition) is 1. The third-order valence-corrected chi connectivity index (χ3v) is 3.66. The molecule has 0 aliphatic carbocycles. The Hall–Kier alpha value is -2.34. The highest BCUT2D eigenvalue weighted by Crippen LogP contribution is 2.26. The molecule has 0 spiro atoms. The van der Waals surface area contributed by atoms with Crippen LogP contribution in [0.2, 0.25) is 0 Å². The van der Waals surface area contributed by atoms with Gasteiger partial charge in [0.1, 0.15) is 6.54 Å². The first-order chi connectivity index (χ1) is 11.1. The summed E-state index contributed by atoms with van der Waals surface area (Å²) < 4.78 is 5.37. The molecule has 1 N–H and O–H groups in total. The molecular weight excluding hydrogens is 294 g/mol. The highest BCUT2D eigenvalue weighted by molar-refractivity contribution is 5.97. The van der Waals surface area contributed by atoms with Gasteiger partial charge in [0.05, 0.1) is 24.6 Å². The molecule has 0 aromatic heterocycles. The van der Waals surface area contributed by atoms with E-state index in [1.807, 2.05) is 24.3 Å². The van der Waals surface area contributed by atoms with Crippen molar-refractivity contribution >= 4 is 23.2 Å². The van der Waals surface area contributed by atoms with Crippen molar-refractivity contribution in [1.82, 2.24) is 4.90 Å². The molecule has 6 heteroatoms. The lowest BCUT2D eigenvalue weighted by atomic mass is 10.2. The summed E-state index contributed by atoms with van der Waals surface area (Å²) in [5.74, 6) is -0.371. The lowest BCUT2D eigenvalue weighted by Gasteiger charge is -2.30. The molecule has 1 aromatic carbocycles. The van der Waals surface area contributed by atoms with Gasteiger partial charge in [-0.1, -0.05) is 18.2 Å². The van der Waals surface area contributed by atoms with E-state index in [0.29, 0.717) is 19.8 Å². The van der Waals surface area contributed by atoms with Crippen LogP contribution in [0, 0.1) is 0 Å². The Morgan fingerprint density at radius 1 is 1.35 bits per heavy atom. The van der Waals surface area contributed by atoms with Crippen molar-refractivity contribution < 1.29 is 14.3 Å². The van der Waals surface area contributed by atoms with Crippen LogP contribution < -0.4 is 10.2 Å². The summed E-state index contributed by atoms with van der Waals surface area (Å²) in [6.45, 7) is 8.37. The molecule has 1 aliphatic rings. The van der Waals surface area contributed by atoms with Gasteiger partial charge in [-0.15, -0.1) is 6.58 Å². The zero-order chi connectivity index (χ0) is 16.7. The summed E-state index contributed by atoms with van der Waals surface area (Å²) >= 11 is 0. The van der Waals surface area contributed by atoms with Gasteiger partial charge in [0, 0.05) is 26.6 Å². The number of carbonyl (C=O) groups excluding carboxylic acids is 2. The minimum Gasteiger partial charge on any atom is -0.378 e. The fraction of sp³-hybridized carbons (Fsp3) is 0.412. The quantitative estimate of drug-likeness (QED) is 0.808. The van der Waals surface area contributed by atoms with Crippen molar-refractivity contribution in [2.75, 3.05) is 49.6 Å². The molecule has 2 rings (SSSR count). The Labute approximate surface area is 136 Å². The number of morpholine rings is 1. The molecule has 6 nitrogen and oxygen atoms in total. The first-order valence-corrected chi connectivity index (χ1v) is 7.70. The summed E-state index contributed by atoms with van der Waals surface area (Å²) in [5, 5.41) is 2.90. The van der Waals surface area contributed by atoms with Crippen LogP contribution in [0.3, 0.4) is 0 Å². The minimum absolute atomic E-state index is 0.0127. The summed E-state index contributed by atoms with van der Waals surface area (Å²) in [6.07, 6.45) is 1.61. The second-order valence-electron chi connectivity index (χ2n) is 5.35. The molecule has 1 heterocycles. The van der Waals surface area contributed by atoms with E-state index in [1.54, 1.807) is 6.08 Å². The number of amides is 2. The van der Waals surface area contributed by atoms with Gasteiger partial charge < -0.3 is 19.9 Å². The lowest BCUT2D eigenvalue weighted by Crippen LogP contribution is -2.38. The van der Waals surface area contributed by atoms with Gasteiger partial charge in [0.2, 0.25) is 11.8 Å². The van der Waals surface area contributed by atoms with E-state index in [0.717, 1.165) is 24.5 Å². The molecule has 2 amide bonds. The van der Waals surface area contributed by atoms with Crippen LogP contribution in [-0.2, 0) is 14.3 Å². The van der Waals surface area contributed by atoms with E-state index in [2.05, 4.69) is 16.8 Å². The number of para-hydroxylation sites is 2. The molecule has 1 aromatic rings. The Morgan fingerprint density at radius 3 is 2.70 bits per heavy atom. The molecule has 0 radical (unpaired) electrons. The maximum Gasteiger partial charge on any atom is 0.244 e. The van der Waals surface area contributed by atoms with Crippen molar-refractivity contribution in [1.29, 1.82) is 0 Å². The van der Waals surface area contributed by atoms with Crippen LogP contribution in [0.1, 0.15) is 6.92 Å². The van der Waals surface area contributed by atoms with E-state index < -0.39 is 0 Å². The zero-order valence-corrected chi connectivity index (χ0v) is 13.5. The van der Waals surface area contributed by atoms with Gasteiger partial charge >= 0.3 is 0 Å². The Bertz CT molecular complexity index is 568. The van der Waals surface area contributed by atoms with Gasteiger partial charge in [-0.3, -0.25) is 9.59 Å². The number of nitrogens with one attached hydrogen (secondary N) is 1. The standard InChI is InChI=1S/C17H23N3O3/c1-3-8-20(14(2)21)13-17(22)18-15-6-4-5-7-16(15)19-9-11-23-12-10-19/h3-7H,1,8-13H2,2H3,(H,18,22). The Kier molecular flexibility index (Phi) is 6.17. The Morgan fingerprint density at radius 2 is 2.04 bits per heavy atom. The number of hydrogen-bond acceptors (Lipinski definition) is 4. The Balaban J connectivity index is 2.05. The highest BCUT2D eigenvalue weighted by Gasteiger charge is 2.17. The fourth-order valence-electron chi connectivity index (χ4n) is 2.48. The number of ether oxygens (including phenoxy) is 1. The van der Waals surface area contributed by atoms with E-state index in [-0.39, 0.29) is 18.4 Å². The van der Waals surface area contributed by atoms with Crippen LogP contribution in [0.4, 0.5) is 11.4 Å². The summed E-state index contributed by atoms with van der Waals surface area (Å²) in [7, 11) is 0. The fourth-order valence-corrected chi connectivity index (χ4v) is 2.48. The van der Waals surface area contributed by atoms with E-state index >= 15 is 0 Å². The summed E-state index contributed by atoms with van der Waals surface area (Å²) in [4.78, 5) is 27.4. The first-order valence-electron chi connectivity index (χ1n) is 7.70. The number of carbonyl (C=O) groups is 2. The SMILES string of the molecule is C=CCN(CC(=O)Nc1ccccc1N1CCOCC1)C(C)=O. The average molecular weight is 317 g/mol. The molecule has 1 aliphatic heterocycles. The van der Waals surface area contributed by atoms with Crippen LogP contribution in [0.5, 0.6) is 0 Å². The molecule has 1 fully saturated rings. The molecule has 1 saturated heterocycles. The number of nitrogens with zero attached hydrogens (tertiary/aromatic N) is 2. The predicted octanol–water partition coefficient (Wildman–Crippen LogP) is 1.50. The lowest BCUT2D eigenvalue weighted by molar-refractivity contribution is -0.132. The normalized spacial score (nSPS) is 14.2. The predicted molar refractivity (Wildman–Crippen MR) is 90.6 cm³/mol. The maximum atomic E-state index is 12.3. The number of anilines is 2. The molecule has 0 atom stereocenters. The van der Waals surface area contributed by atoms with Gasteiger partial charge in [-0.25, -0.2) is 0 Å². The van der Waals surface area contributed by atoms with Crippen LogP contribution in [0.15, 0.2) is 36.9 Å². The summed E-state index contributed by atoms with van der Waals surface area (Å²) in [5.41, 5.74) is 1.73. The largest absolute Gasteiger partial charge is 0.378 e. The van der Waals surface area contributed by atoms with Crippen molar-refractivity contribution in [2.45, 2.75) is 6.92 Å². The second kappa shape index (κ2) is 8.33. The van der Waals surface area contributed by atoms with Crippen molar-refractivity contribution in [3.05, 3.63) is 36.9 Å². The smallest absolute Gasteiger partial charge is 0.244 e. The number of benzene rings is 1. The van der Waals surface area contributed by atoms with Crippen LogP contribution in [0.25, 0.3) is 0 Å². The molecule has 0 unspecified atom stereocenters. The van der Waals surface area contributed by atoms with Gasteiger partial charge in [-0.05, 0) is 12.1 Å². The molecule has 23 heavy (non-hydrogen) atoms. The third kappa shape index (κ3) is 4.82. The average Bonchev–Trinajstić information content (AvgIpc) is 2.55. The third-order valence-electron chi connectivity index (χ3n) is 3.66. The maximum absolute atomic E-state index is 12.3. The van der Waals surface area contributed by atoms with Crippen LogP contribution >= 0.6 is 0 Å². The molecule has 124 valence electrons. The second-order valence-corrected chi connectivity index (χ2v) is 5.35. The topological polar surface area (TPSA) is 61.9 Å².